The Morgan fingerprint density at radius 3 is 2.45 bits per heavy atom. The molecule has 108 valence electrons. The second-order valence-electron chi connectivity index (χ2n) is 5.82. The third-order valence-corrected chi connectivity index (χ3v) is 3.60. The molecule has 0 saturated heterocycles. The second-order valence-corrected chi connectivity index (χ2v) is 6.21. The van der Waals surface area contributed by atoms with Gasteiger partial charge in [0.2, 0.25) is 0 Å². The van der Waals surface area contributed by atoms with Crippen molar-refractivity contribution in [3.8, 4) is 11.4 Å². The van der Waals surface area contributed by atoms with Crippen LogP contribution in [0.5, 0.6) is 0 Å². The van der Waals surface area contributed by atoms with Crippen molar-refractivity contribution in [2.45, 2.75) is 32.7 Å². The van der Waals surface area contributed by atoms with Crippen LogP contribution in [-0.2, 0) is 16.7 Å². The Morgan fingerprint density at radius 2 is 1.90 bits per heavy atom. The molecule has 1 aromatic carbocycles. The number of aromatic nitrogens is 3. The van der Waals surface area contributed by atoms with Crippen molar-refractivity contribution in [3.63, 3.8) is 0 Å². The number of H-pyrrole nitrogens is 1. The second kappa shape index (κ2) is 5.89. The van der Waals surface area contributed by atoms with Crippen molar-refractivity contribution in [3.05, 3.63) is 34.6 Å². The Bertz CT molecular complexity index is 620. The maximum Gasteiger partial charge on any atom is 0.195 e. The molecule has 20 heavy (non-hydrogen) atoms. The van der Waals surface area contributed by atoms with Gasteiger partial charge in [-0.25, -0.2) is 0 Å². The molecule has 2 aromatic rings. The van der Waals surface area contributed by atoms with Crippen LogP contribution in [0.15, 0.2) is 24.3 Å². The smallest absolute Gasteiger partial charge is 0.195 e. The highest BCUT2D eigenvalue weighted by Gasteiger charge is 2.14. The topological polar surface area (TPSA) is 42.8 Å². The predicted molar refractivity (Wildman–Crippen MR) is 83.4 cm³/mol. The normalized spacial score (nSPS) is 11.8. The Balaban J connectivity index is 2.35. The first-order chi connectivity index (χ1) is 9.43. The highest BCUT2D eigenvalue weighted by molar-refractivity contribution is 7.71. The summed E-state index contributed by atoms with van der Waals surface area (Å²) >= 11 is 5.26. The molecule has 0 bridgehead atoms. The van der Waals surface area contributed by atoms with E-state index in [0.29, 0.717) is 17.9 Å². The molecule has 0 radical (unpaired) electrons. The molecule has 0 fully saturated rings. The maximum absolute atomic E-state index is 5.26. The third kappa shape index (κ3) is 3.16. The van der Waals surface area contributed by atoms with E-state index in [1.54, 1.807) is 7.11 Å². The van der Waals surface area contributed by atoms with Gasteiger partial charge in [-0.05, 0) is 23.2 Å². The lowest BCUT2D eigenvalue weighted by molar-refractivity contribution is 0.187. The van der Waals surface area contributed by atoms with E-state index in [0.717, 1.165) is 11.4 Å². The minimum Gasteiger partial charge on any atom is -0.383 e. The molecule has 0 unspecified atom stereocenters. The molecular formula is C15H21N3OS. The lowest BCUT2D eigenvalue weighted by atomic mass is 9.87. The standard InChI is InChI=1S/C15H21N3OS/c1-15(2,3)12-7-5-11(6-8-12)13-16-17-14(20)18(13)9-10-19-4/h5-8H,9-10H2,1-4H3,(H,17,20). The van der Waals surface area contributed by atoms with Crippen molar-refractivity contribution in [2.24, 2.45) is 0 Å². The van der Waals surface area contributed by atoms with Gasteiger partial charge in [-0.1, -0.05) is 45.0 Å². The van der Waals surface area contributed by atoms with Gasteiger partial charge in [-0.15, -0.1) is 0 Å². The van der Waals surface area contributed by atoms with Crippen LogP contribution in [-0.4, -0.2) is 28.5 Å². The van der Waals surface area contributed by atoms with E-state index in [9.17, 15) is 0 Å². The van der Waals surface area contributed by atoms with Crippen molar-refractivity contribution in [1.82, 2.24) is 14.8 Å². The number of nitrogens with zero attached hydrogens (tertiary/aromatic N) is 2. The number of ether oxygens (including phenoxy) is 1. The number of hydrogen-bond donors (Lipinski definition) is 1. The highest BCUT2D eigenvalue weighted by Crippen LogP contribution is 2.25. The first-order valence-corrected chi connectivity index (χ1v) is 7.09. The number of aromatic amines is 1. The zero-order valence-electron chi connectivity index (χ0n) is 12.4. The minimum absolute atomic E-state index is 0.152. The van der Waals surface area contributed by atoms with Gasteiger partial charge < -0.3 is 4.74 Å². The van der Waals surface area contributed by atoms with E-state index in [1.807, 2.05) is 4.57 Å². The molecule has 0 amide bonds. The monoisotopic (exact) mass is 291 g/mol. The molecule has 4 nitrogen and oxygen atoms in total. The Labute approximate surface area is 124 Å². The summed E-state index contributed by atoms with van der Waals surface area (Å²) in [5, 5.41) is 7.17. The van der Waals surface area contributed by atoms with Gasteiger partial charge in [-0.2, -0.15) is 5.10 Å². The van der Waals surface area contributed by atoms with E-state index in [2.05, 4.69) is 55.2 Å². The summed E-state index contributed by atoms with van der Waals surface area (Å²) in [5.41, 5.74) is 2.51. The van der Waals surface area contributed by atoms with Gasteiger partial charge in [0.05, 0.1) is 13.2 Å². The molecule has 0 aliphatic rings. The lowest BCUT2D eigenvalue weighted by Crippen LogP contribution is -2.11. The summed E-state index contributed by atoms with van der Waals surface area (Å²) in [6.45, 7) is 7.92. The van der Waals surface area contributed by atoms with Crippen molar-refractivity contribution in [2.75, 3.05) is 13.7 Å². The fourth-order valence-electron chi connectivity index (χ4n) is 2.05. The lowest BCUT2D eigenvalue weighted by Gasteiger charge is -2.19. The summed E-state index contributed by atoms with van der Waals surface area (Å²) in [7, 11) is 1.68. The molecule has 0 aliphatic heterocycles. The number of rotatable bonds is 4. The van der Waals surface area contributed by atoms with E-state index in [4.69, 9.17) is 17.0 Å². The van der Waals surface area contributed by atoms with Crippen LogP contribution in [0.3, 0.4) is 0 Å². The van der Waals surface area contributed by atoms with Crippen molar-refractivity contribution >= 4 is 12.2 Å². The largest absolute Gasteiger partial charge is 0.383 e. The van der Waals surface area contributed by atoms with Crippen LogP contribution in [0.2, 0.25) is 0 Å². The van der Waals surface area contributed by atoms with Crippen molar-refractivity contribution < 1.29 is 4.74 Å². The van der Waals surface area contributed by atoms with E-state index in [-0.39, 0.29) is 5.41 Å². The maximum atomic E-state index is 5.26. The number of nitrogens with one attached hydrogen (secondary N) is 1. The molecule has 1 heterocycles. The molecule has 2 rings (SSSR count). The number of methoxy groups -OCH3 is 1. The van der Waals surface area contributed by atoms with Crippen LogP contribution in [0.1, 0.15) is 26.3 Å². The number of hydrogen-bond acceptors (Lipinski definition) is 3. The van der Waals surface area contributed by atoms with Crippen LogP contribution in [0.25, 0.3) is 11.4 Å². The van der Waals surface area contributed by atoms with Crippen LogP contribution >= 0.6 is 12.2 Å². The molecule has 0 atom stereocenters. The SMILES string of the molecule is COCCn1c(-c2ccc(C(C)(C)C)cc2)n[nH]c1=S. The third-order valence-electron chi connectivity index (χ3n) is 3.29. The van der Waals surface area contributed by atoms with Gasteiger partial charge >= 0.3 is 0 Å². The van der Waals surface area contributed by atoms with Gasteiger partial charge in [-0.3, -0.25) is 9.67 Å². The average Bonchev–Trinajstić information content (AvgIpc) is 2.77. The summed E-state index contributed by atoms with van der Waals surface area (Å²) in [4.78, 5) is 0. The van der Waals surface area contributed by atoms with Gasteiger partial charge in [0.1, 0.15) is 0 Å². The Kier molecular flexibility index (Phi) is 4.40. The minimum atomic E-state index is 0.152. The molecule has 1 aromatic heterocycles. The zero-order valence-corrected chi connectivity index (χ0v) is 13.3. The van der Waals surface area contributed by atoms with Crippen LogP contribution < -0.4 is 0 Å². The fraction of sp³-hybridized carbons (Fsp3) is 0.467. The molecule has 0 saturated carbocycles. The molecule has 0 spiro atoms. The quantitative estimate of drug-likeness (QED) is 0.876. The predicted octanol–water partition coefficient (Wildman–Crippen LogP) is 3.55. The van der Waals surface area contributed by atoms with E-state index >= 15 is 0 Å². The molecule has 1 N–H and O–H groups in total. The molecule has 0 aliphatic carbocycles. The number of benzene rings is 1. The van der Waals surface area contributed by atoms with E-state index in [1.165, 1.54) is 5.56 Å². The fourth-order valence-corrected chi connectivity index (χ4v) is 2.27. The summed E-state index contributed by atoms with van der Waals surface area (Å²) < 4.78 is 7.70. The van der Waals surface area contributed by atoms with Gasteiger partial charge in [0.15, 0.2) is 10.6 Å². The average molecular weight is 291 g/mol. The summed E-state index contributed by atoms with van der Waals surface area (Å²) in [5.74, 6) is 0.854. The Morgan fingerprint density at radius 1 is 1.25 bits per heavy atom. The molecular weight excluding hydrogens is 270 g/mol. The van der Waals surface area contributed by atoms with Crippen molar-refractivity contribution in [1.29, 1.82) is 0 Å². The Hall–Kier alpha value is -1.46. The van der Waals surface area contributed by atoms with Crippen LogP contribution in [0.4, 0.5) is 0 Å². The first kappa shape index (κ1) is 14.9. The van der Waals surface area contributed by atoms with Gasteiger partial charge in [0, 0.05) is 12.7 Å². The van der Waals surface area contributed by atoms with Crippen LogP contribution in [0, 0.1) is 4.77 Å². The zero-order chi connectivity index (χ0) is 14.8. The van der Waals surface area contributed by atoms with Gasteiger partial charge in [0.25, 0.3) is 0 Å². The molecule has 5 heteroatoms. The summed E-state index contributed by atoms with van der Waals surface area (Å²) in [6.07, 6.45) is 0. The first-order valence-electron chi connectivity index (χ1n) is 6.68. The van der Waals surface area contributed by atoms with E-state index < -0.39 is 0 Å². The highest BCUT2D eigenvalue weighted by atomic mass is 32.1. The summed E-state index contributed by atoms with van der Waals surface area (Å²) in [6, 6.07) is 8.48.